The zero-order valence-electron chi connectivity index (χ0n) is 8.26. The lowest BCUT2D eigenvalue weighted by molar-refractivity contribution is 0.0691. The van der Waals surface area contributed by atoms with Gasteiger partial charge in [0.15, 0.2) is 11.6 Å². The summed E-state index contributed by atoms with van der Waals surface area (Å²) in [5.41, 5.74) is 5.00. The van der Waals surface area contributed by atoms with E-state index in [4.69, 9.17) is 22.4 Å². The van der Waals surface area contributed by atoms with Gasteiger partial charge in [-0.15, -0.1) is 5.10 Å². The Bertz CT molecular complexity index is 599. The highest BCUT2D eigenvalue weighted by Crippen LogP contribution is 2.23. The van der Waals surface area contributed by atoms with Gasteiger partial charge in [-0.2, -0.15) is 4.68 Å². The number of halogens is 2. The van der Waals surface area contributed by atoms with Gasteiger partial charge >= 0.3 is 5.97 Å². The number of nitrogens with zero attached hydrogens (tertiary/aromatic N) is 3. The smallest absolute Gasteiger partial charge is 0.360 e. The molecule has 1 aromatic carbocycles. The Morgan fingerprint density at radius 2 is 2.24 bits per heavy atom. The van der Waals surface area contributed by atoms with E-state index < -0.39 is 17.5 Å². The second-order valence-corrected chi connectivity index (χ2v) is 3.52. The summed E-state index contributed by atoms with van der Waals surface area (Å²) in [6, 6.07) is 4.20. The molecule has 6 nitrogen and oxygen atoms in total. The molecule has 17 heavy (non-hydrogen) atoms. The van der Waals surface area contributed by atoms with Gasteiger partial charge in [-0.3, -0.25) is 0 Å². The van der Waals surface area contributed by atoms with Crippen LogP contribution in [-0.4, -0.2) is 26.1 Å². The summed E-state index contributed by atoms with van der Waals surface area (Å²) < 4.78 is 14.5. The number of nitrogens with two attached hydrogens (primary N) is 1. The standard InChI is InChI=1S/C9H6ClFN4O2/c10-4-2-1-3-5(6(4)11)15-8(12)7(9(16)17)13-14-15/h1-3H,12H2,(H,16,17). The monoisotopic (exact) mass is 256 g/mol. The molecule has 2 aromatic rings. The summed E-state index contributed by atoms with van der Waals surface area (Å²) >= 11 is 5.59. The molecular formula is C9H6ClFN4O2. The number of rotatable bonds is 2. The molecule has 8 heteroatoms. The predicted molar refractivity (Wildman–Crippen MR) is 57.7 cm³/mol. The molecule has 0 aliphatic rings. The number of carboxylic acid groups (broad SMARTS) is 1. The van der Waals surface area contributed by atoms with Crippen LogP contribution in [0.5, 0.6) is 0 Å². The number of aromatic carboxylic acids is 1. The number of benzene rings is 1. The third-order valence-corrected chi connectivity index (χ3v) is 2.36. The van der Waals surface area contributed by atoms with Gasteiger partial charge in [-0.25, -0.2) is 9.18 Å². The molecular weight excluding hydrogens is 251 g/mol. The van der Waals surface area contributed by atoms with Crippen molar-refractivity contribution in [3.63, 3.8) is 0 Å². The number of carboxylic acids is 1. The van der Waals surface area contributed by atoms with Crippen LogP contribution in [0.2, 0.25) is 5.02 Å². The van der Waals surface area contributed by atoms with E-state index in [1.807, 2.05) is 0 Å². The van der Waals surface area contributed by atoms with Crippen LogP contribution in [0, 0.1) is 5.82 Å². The molecule has 0 unspecified atom stereocenters. The van der Waals surface area contributed by atoms with Crippen LogP contribution in [0.3, 0.4) is 0 Å². The average molecular weight is 257 g/mol. The van der Waals surface area contributed by atoms with Crippen LogP contribution >= 0.6 is 11.6 Å². The highest BCUT2D eigenvalue weighted by atomic mass is 35.5. The first-order valence-corrected chi connectivity index (χ1v) is 4.79. The van der Waals surface area contributed by atoms with Crippen LogP contribution in [0.25, 0.3) is 5.69 Å². The van der Waals surface area contributed by atoms with Crippen LogP contribution in [0.4, 0.5) is 10.2 Å². The first-order chi connectivity index (χ1) is 8.02. The van der Waals surface area contributed by atoms with Gasteiger partial charge in [0.2, 0.25) is 5.69 Å². The van der Waals surface area contributed by atoms with Gasteiger partial charge in [-0.1, -0.05) is 22.9 Å². The summed E-state index contributed by atoms with van der Waals surface area (Å²) in [5, 5.41) is 15.4. The fourth-order valence-electron chi connectivity index (χ4n) is 1.28. The molecule has 1 aromatic heterocycles. The van der Waals surface area contributed by atoms with E-state index in [-0.39, 0.29) is 16.5 Å². The SMILES string of the molecule is Nc1c(C(=O)O)nnn1-c1cccc(Cl)c1F. The second-order valence-electron chi connectivity index (χ2n) is 3.11. The maximum absolute atomic E-state index is 13.7. The minimum atomic E-state index is -1.34. The lowest BCUT2D eigenvalue weighted by Gasteiger charge is -2.04. The zero-order valence-corrected chi connectivity index (χ0v) is 9.02. The molecule has 0 saturated carbocycles. The van der Waals surface area contributed by atoms with E-state index in [9.17, 15) is 9.18 Å². The molecule has 88 valence electrons. The second kappa shape index (κ2) is 4.02. The van der Waals surface area contributed by atoms with E-state index in [1.54, 1.807) is 0 Å². The van der Waals surface area contributed by atoms with Crippen LogP contribution in [0.1, 0.15) is 10.5 Å². The van der Waals surface area contributed by atoms with Crippen molar-refractivity contribution in [2.45, 2.75) is 0 Å². The summed E-state index contributed by atoms with van der Waals surface area (Å²) in [6.07, 6.45) is 0. The Hall–Kier alpha value is -2.15. The fraction of sp³-hybridized carbons (Fsp3) is 0. The highest BCUT2D eigenvalue weighted by molar-refractivity contribution is 6.30. The highest BCUT2D eigenvalue weighted by Gasteiger charge is 2.19. The lowest BCUT2D eigenvalue weighted by atomic mass is 10.3. The van der Waals surface area contributed by atoms with Gasteiger partial charge < -0.3 is 10.8 Å². The topological polar surface area (TPSA) is 94.0 Å². The zero-order chi connectivity index (χ0) is 12.6. The van der Waals surface area contributed by atoms with Crippen molar-refractivity contribution in [2.75, 3.05) is 5.73 Å². The Kier molecular flexibility index (Phi) is 2.68. The maximum Gasteiger partial charge on any atom is 0.360 e. The quantitative estimate of drug-likeness (QED) is 0.846. The number of nitrogen functional groups attached to an aromatic ring is 1. The fourth-order valence-corrected chi connectivity index (χ4v) is 1.44. The first kappa shape index (κ1) is 11.3. The molecule has 0 aliphatic carbocycles. The molecule has 0 fully saturated rings. The normalized spacial score (nSPS) is 10.5. The van der Waals surface area contributed by atoms with Gasteiger partial charge in [0.05, 0.1) is 5.02 Å². The van der Waals surface area contributed by atoms with Crippen molar-refractivity contribution in [1.82, 2.24) is 15.0 Å². The van der Waals surface area contributed by atoms with Crippen molar-refractivity contribution in [2.24, 2.45) is 0 Å². The third kappa shape index (κ3) is 1.80. The average Bonchev–Trinajstić information content (AvgIpc) is 2.64. The van der Waals surface area contributed by atoms with Crippen molar-refractivity contribution < 1.29 is 14.3 Å². The third-order valence-electron chi connectivity index (χ3n) is 2.07. The Balaban J connectivity index is 2.62. The van der Waals surface area contributed by atoms with Crippen LogP contribution in [-0.2, 0) is 0 Å². The summed E-state index contributed by atoms with van der Waals surface area (Å²) in [4.78, 5) is 10.7. The molecule has 3 N–H and O–H groups in total. The largest absolute Gasteiger partial charge is 0.476 e. The maximum atomic E-state index is 13.7. The Morgan fingerprint density at radius 3 is 2.82 bits per heavy atom. The number of anilines is 1. The molecule has 0 saturated heterocycles. The molecule has 0 spiro atoms. The Labute approximate surface area is 99.4 Å². The minimum absolute atomic E-state index is 0.0602. The molecule has 0 bridgehead atoms. The Morgan fingerprint density at radius 1 is 1.53 bits per heavy atom. The van der Waals surface area contributed by atoms with Crippen molar-refractivity contribution in [3.8, 4) is 5.69 Å². The molecule has 1 heterocycles. The van der Waals surface area contributed by atoms with Crippen molar-refractivity contribution in [3.05, 3.63) is 34.7 Å². The van der Waals surface area contributed by atoms with E-state index >= 15 is 0 Å². The molecule has 0 atom stereocenters. The number of carbonyl (C=O) groups is 1. The van der Waals surface area contributed by atoms with Crippen LogP contribution < -0.4 is 5.73 Å². The predicted octanol–water partition coefficient (Wildman–Crippen LogP) is 1.34. The number of hydrogen-bond acceptors (Lipinski definition) is 4. The summed E-state index contributed by atoms with van der Waals surface area (Å²) in [6.45, 7) is 0. The van der Waals surface area contributed by atoms with E-state index in [2.05, 4.69) is 10.3 Å². The lowest BCUT2D eigenvalue weighted by Crippen LogP contribution is -2.07. The molecule has 2 rings (SSSR count). The first-order valence-electron chi connectivity index (χ1n) is 4.41. The minimum Gasteiger partial charge on any atom is -0.476 e. The van der Waals surface area contributed by atoms with Gasteiger partial charge in [-0.05, 0) is 12.1 Å². The number of hydrogen-bond donors (Lipinski definition) is 2. The molecule has 0 radical (unpaired) electrons. The van der Waals surface area contributed by atoms with Gasteiger partial charge in [0.1, 0.15) is 5.69 Å². The van der Waals surface area contributed by atoms with E-state index in [1.165, 1.54) is 18.2 Å². The molecule has 0 aliphatic heterocycles. The summed E-state index contributed by atoms with van der Waals surface area (Å²) in [7, 11) is 0. The van der Waals surface area contributed by atoms with E-state index in [0.29, 0.717) is 0 Å². The van der Waals surface area contributed by atoms with Crippen LogP contribution in [0.15, 0.2) is 18.2 Å². The number of aromatic nitrogens is 3. The summed E-state index contributed by atoms with van der Waals surface area (Å²) in [5.74, 6) is -2.35. The van der Waals surface area contributed by atoms with Gasteiger partial charge in [0.25, 0.3) is 0 Å². The van der Waals surface area contributed by atoms with Crippen molar-refractivity contribution >= 4 is 23.4 Å². The van der Waals surface area contributed by atoms with Crippen molar-refractivity contribution in [1.29, 1.82) is 0 Å². The molecule has 0 amide bonds. The van der Waals surface area contributed by atoms with Gasteiger partial charge in [0, 0.05) is 0 Å². The van der Waals surface area contributed by atoms with E-state index in [0.717, 1.165) is 4.68 Å².